The molecule has 1 fully saturated rings. The lowest BCUT2D eigenvalue weighted by atomic mass is 10.0. The number of likely N-dealkylation sites (tertiary alicyclic amines) is 1. The number of nitrogens with zero attached hydrogens (tertiary/aromatic N) is 2. The minimum Gasteiger partial charge on any atom is -0.337 e. The molecule has 0 bridgehead atoms. The molecule has 23 heavy (non-hydrogen) atoms. The number of rotatable bonds is 3. The SMILES string of the molecule is CNC1CCCN(C(=O)c2cn[nH]c2-c2ccc(F)cc2)C1.Cl. The molecule has 1 unspecified atom stereocenters. The number of carbonyl (C=O) groups excluding carboxylic acids is 1. The van der Waals surface area contributed by atoms with Gasteiger partial charge in [0.15, 0.2) is 0 Å². The Bertz CT molecular complexity index is 658. The highest BCUT2D eigenvalue weighted by atomic mass is 35.5. The number of H-pyrrole nitrogens is 1. The van der Waals surface area contributed by atoms with E-state index >= 15 is 0 Å². The Labute approximate surface area is 140 Å². The van der Waals surface area contributed by atoms with E-state index in [1.165, 1.54) is 12.1 Å². The normalized spacial score (nSPS) is 17.7. The number of hydrogen-bond acceptors (Lipinski definition) is 3. The predicted molar refractivity (Wildman–Crippen MR) is 89.2 cm³/mol. The van der Waals surface area contributed by atoms with Crippen LogP contribution in [-0.4, -0.2) is 47.2 Å². The van der Waals surface area contributed by atoms with Crippen molar-refractivity contribution < 1.29 is 9.18 Å². The van der Waals surface area contributed by atoms with E-state index < -0.39 is 0 Å². The van der Waals surface area contributed by atoms with Gasteiger partial charge >= 0.3 is 0 Å². The average molecular weight is 339 g/mol. The third-order valence-corrected chi connectivity index (χ3v) is 4.12. The van der Waals surface area contributed by atoms with Gasteiger partial charge in [-0.15, -0.1) is 12.4 Å². The summed E-state index contributed by atoms with van der Waals surface area (Å²) in [5.74, 6) is -0.336. The third-order valence-electron chi connectivity index (χ3n) is 4.12. The van der Waals surface area contributed by atoms with Gasteiger partial charge in [-0.2, -0.15) is 5.10 Å². The lowest BCUT2D eigenvalue weighted by Crippen LogP contribution is -2.47. The highest BCUT2D eigenvalue weighted by Gasteiger charge is 2.26. The summed E-state index contributed by atoms with van der Waals surface area (Å²) in [6.07, 6.45) is 3.61. The molecule has 1 aromatic heterocycles. The van der Waals surface area contributed by atoms with Gasteiger partial charge in [-0.1, -0.05) is 0 Å². The van der Waals surface area contributed by atoms with E-state index in [2.05, 4.69) is 15.5 Å². The predicted octanol–water partition coefficient (Wildman–Crippen LogP) is 2.46. The van der Waals surface area contributed by atoms with Crippen LogP contribution in [0.15, 0.2) is 30.5 Å². The van der Waals surface area contributed by atoms with Crippen molar-refractivity contribution in [2.24, 2.45) is 0 Å². The maximum absolute atomic E-state index is 13.1. The van der Waals surface area contributed by atoms with Crippen molar-refractivity contribution in [3.8, 4) is 11.3 Å². The molecular formula is C16H20ClFN4O. The Morgan fingerprint density at radius 1 is 1.39 bits per heavy atom. The lowest BCUT2D eigenvalue weighted by Gasteiger charge is -2.32. The molecule has 124 valence electrons. The van der Waals surface area contributed by atoms with E-state index in [0.717, 1.165) is 24.9 Å². The van der Waals surface area contributed by atoms with Crippen molar-refractivity contribution in [1.29, 1.82) is 0 Å². The van der Waals surface area contributed by atoms with Crippen LogP contribution >= 0.6 is 12.4 Å². The van der Waals surface area contributed by atoms with Gasteiger partial charge in [0.1, 0.15) is 5.82 Å². The van der Waals surface area contributed by atoms with Gasteiger partial charge in [0.05, 0.1) is 17.5 Å². The molecular weight excluding hydrogens is 319 g/mol. The standard InChI is InChI=1S/C16H19FN4O.ClH/c1-18-13-3-2-8-21(10-13)16(22)14-9-19-20-15(14)11-4-6-12(17)7-5-11;/h4-7,9,13,18H,2-3,8,10H2,1H3,(H,19,20);1H. The van der Waals surface area contributed by atoms with Gasteiger partial charge in [0.2, 0.25) is 0 Å². The molecule has 1 atom stereocenters. The number of hydrogen-bond donors (Lipinski definition) is 2. The summed E-state index contributed by atoms with van der Waals surface area (Å²) in [5, 5.41) is 10.1. The van der Waals surface area contributed by atoms with Gasteiger partial charge in [-0.25, -0.2) is 4.39 Å². The monoisotopic (exact) mass is 338 g/mol. The van der Waals surface area contributed by atoms with Crippen LogP contribution in [0.5, 0.6) is 0 Å². The number of nitrogens with one attached hydrogen (secondary N) is 2. The molecule has 2 aromatic rings. The quantitative estimate of drug-likeness (QED) is 0.903. The second-order valence-electron chi connectivity index (χ2n) is 5.54. The topological polar surface area (TPSA) is 61.0 Å². The highest BCUT2D eigenvalue weighted by molar-refractivity contribution is 5.99. The molecule has 1 aliphatic heterocycles. The summed E-state index contributed by atoms with van der Waals surface area (Å²) in [5.41, 5.74) is 1.92. The average Bonchev–Trinajstić information content (AvgIpc) is 3.04. The van der Waals surface area contributed by atoms with Crippen molar-refractivity contribution in [3.05, 3.63) is 41.8 Å². The molecule has 2 heterocycles. The zero-order valence-corrected chi connectivity index (χ0v) is 13.7. The van der Waals surface area contributed by atoms with Crippen LogP contribution in [-0.2, 0) is 0 Å². The van der Waals surface area contributed by atoms with E-state index in [9.17, 15) is 9.18 Å². The van der Waals surface area contributed by atoms with Crippen LogP contribution in [0, 0.1) is 5.82 Å². The largest absolute Gasteiger partial charge is 0.337 e. The van der Waals surface area contributed by atoms with Gasteiger partial charge in [-0.05, 0) is 44.2 Å². The molecule has 0 spiro atoms. The Balaban J connectivity index is 0.00000192. The Kier molecular flexibility index (Phi) is 5.74. The van der Waals surface area contributed by atoms with Gasteiger partial charge in [0.25, 0.3) is 5.91 Å². The van der Waals surface area contributed by atoms with Crippen LogP contribution in [0.3, 0.4) is 0 Å². The molecule has 1 saturated heterocycles. The van der Waals surface area contributed by atoms with E-state index in [1.54, 1.807) is 18.3 Å². The number of likely N-dealkylation sites (N-methyl/N-ethyl adjacent to an activating group) is 1. The van der Waals surface area contributed by atoms with E-state index in [1.807, 2.05) is 11.9 Å². The first-order valence-corrected chi connectivity index (χ1v) is 7.45. The summed E-state index contributed by atoms with van der Waals surface area (Å²) in [7, 11) is 1.92. The van der Waals surface area contributed by atoms with Crippen LogP contribution in [0.25, 0.3) is 11.3 Å². The molecule has 1 amide bonds. The van der Waals surface area contributed by atoms with Gasteiger partial charge in [-0.3, -0.25) is 9.89 Å². The third kappa shape index (κ3) is 3.71. The lowest BCUT2D eigenvalue weighted by molar-refractivity contribution is 0.0699. The molecule has 5 nitrogen and oxygen atoms in total. The number of aromatic amines is 1. The molecule has 0 aliphatic carbocycles. The van der Waals surface area contributed by atoms with Crippen LogP contribution < -0.4 is 5.32 Å². The number of piperidine rings is 1. The van der Waals surface area contributed by atoms with E-state index in [4.69, 9.17) is 0 Å². The molecule has 1 aromatic carbocycles. The number of halogens is 2. The summed E-state index contributed by atoms with van der Waals surface area (Å²) < 4.78 is 13.1. The minimum atomic E-state index is -0.302. The fraction of sp³-hybridized carbons (Fsp3) is 0.375. The van der Waals surface area contributed by atoms with Gasteiger partial charge < -0.3 is 10.2 Å². The van der Waals surface area contributed by atoms with Crippen molar-refractivity contribution in [2.75, 3.05) is 20.1 Å². The fourth-order valence-electron chi connectivity index (χ4n) is 2.85. The molecule has 0 radical (unpaired) electrons. The number of amides is 1. The van der Waals surface area contributed by atoms with E-state index in [-0.39, 0.29) is 24.1 Å². The highest BCUT2D eigenvalue weighted by Crippen LogP contribution is 2.23. The first-order valence-electron chi connectivity index (χ1n) is 7.45. The Hall–Kier alpha value is -1.92. The zero-order valence-electron chi connectivity index (χ0n) is 12.9. The number of aromatic nitrogens is 2. The van der Waals surface area contributed by atoms with Crippen LogP contribution in [0.1, 0.15) is 23.2 Å². The van der Waals surface area contributed by atoms with Crippen LogP contribution in [0.4, 0.5) is 4.39 Å². The van der Waals surface area contributed by atoms with Crippen LogP contribution in [0.2, 0.25) is 0 Å². The summed E-state index contributed by atoms with van der Waals surface area (Å²) in [6, 6.07) is 6.38. The fourth-order valence-corrected chi connectivity index (χ4v) is 2.85. The second kappa shape index (κ2) is 7.57. The molecule has 7 heteroatoms. The second-order valence-corrected chi connectivity index (χ2v) is 5.54. The zero-order chi connectivity index (χ0) is 15.5. The first-order chi connectivity index (χ1) is 10.7. The maximum Gasteiger partial charge on any atom is 0.257 e. The number of benzene rings is 1. The molecule has 0 saturated carbocycles. The summed E-state index contributed by atoms with van der Waals surface area (Å²) in [4.78, 5) is 14.6. The summed E-state index contributed by atoms with van der Waals surface area (Å²) >= 11 is 0. The van der Waals surface area contributed by atoms with E-state index in [0.29, 0.717) is 23.8 Å². The molecule has 2 N–H and O–H groups in total. The van der Waals surface area contributed by atoms with Gasteiger partial charge in [0, 0.05) is 24.7 Å². The first kappa shape index (κ1) is 17.4. The van der Waals surface area contributed by atoms with Crippen molar-refractivity contribution in [3.63, 3.8) is 0 Å². The van der Waals surface area contributed by atoms with Crippen molar-refractivity contribution >= 4 is 18.3 Å². The number of carbonyl (C=O) groups is 1. The molecule has 3 rings (SSSR count). The minimum absolute atomic E-state index is 0. The molecule has 1 aliphatic rings. The Morgan fingerprint density at radius 3 is 2.83 bits per heavy atom. The van der Waals surface area contributed by atoms with Crippen molar-refractivity contribution in [1.82, 2.24) is 20.4 Å². The summed E-state index contributed by atoms with van der Waals surface area (Å²) in [6.45, 7) is 1.45. The Morgan fingerprint density at radius 2 is 2.13 bits per heavy atom. The maximum atomic E-state index is 13.1. The van der Waals surface area contributed by atoms with Crippen molar-refractivity contribution in [2.45, 2.75) is 18.9 Å². The smallest absolute Gasteiger partial charge is 0.257 e.